The highest BCUT2D eigenvalue weighted by Gasteiger charge is 2.36. The highest BCUT2D eigenvalue weighted by Crippen LogP contribution is 2.35. The lowest BCUT2D eigenvalue weighted by Crippen LogP contribution is -2.40. The number of benzene rings is 2. The van der Waals surface area contributed by atoms with Crippen LogP contribution in [-0.4, -0.2) is 47.1 Å². The fourth-order valence-electron chi connectivity index (χ4n) is 3.64. The largest absolute Gasteiger partial charge is 0.481 e. The summed E-state index contributed by atoms with van der Waals surface area (Å²) < 4.78 is 40.3. The van der Waals surface area contributed by atoms with Gasteiger partial charge in [0.1, 0.15) is 12.1 Å². The molecule has 0 aliphatic carbocycles. The summed E-state index contributed by atoms with van der Waals surface area (Å²) in [5, 5.41) is 19.6. The first kappa shape index (κ1) is 24.2. The van der Waals surface area contributed by atoms with E-state index in [1.807, 2.05) is 0 Å². The molecule has 1 fully saturated rings. The number of hydrogen-bond acceptors (Lipinski definition) is 4. The van der Waals surface area contributed by atoms with E-state index < -0.39 is 40.1 Å². The molecule has 2 aromatic rings. The number of carbonyl (C=O) groups is 3. The fourth-order valence-corrected chi connectivity index (χ4v) is 3.90. The third kappa shape index (κ3) is 5.33. The molecule has 1 saturated heterocycles. The first-order chi connectivity index (χ1) is 15.5. The van der Waals surface area contributed by atoms with E-state index in [1.54, 1.807) is 4.90 Å². The molecular formula is C22H19ClF3N3O4. The molecule has 11 heteroatoms. The summed E-state index contributed by atoms with van der Waals surface area (Å²) in [7, 11) is 0. The topological polar surface area (TPSA) is 111 Å². The van der Waals surface area contributed by atoms with E-state index in [0.717, 1.165) is 18.2 Å². The number of nitrogens with zero attached hydrogens (tertiary/aromatic N) is 1. The lowest BCUT2D eigenvalue weighted by atomic mass is 9.96. The normalized spacial score (nSPS) is 14.6. The molecule has 33 heavy (non-hydrogen) atoms. The van der Waals surface area contributed by atoms with E-state index in [1.165, 1.54) is 18.2 Å². The van der Waals surface area contributed by atoms with Gasteiger partial charge < -0.3 is 15.3 Å². The Hall–Kier alpha value is -3.40. The molecule has 3 N–H and O–H groups in total. The van der Waals surface area contributed by atoms with Crippen molar-refractivity contribution >= 4 is 41.3 Å². The summed E-state index contributed by atoms with van der Waals surface area (Å²) in [5.74, 6) is -2.63. The molecule has 2 aromatic carbocycles. The molecule has 0 bridgehead atoms. The molecule has 1 aliphatic heterocycles. The van der Waals surface area contributed by atoms with Gasteiger partial charge in [-0.05, 0) is 37.1 Å². The monoisotopic (exact) mass is 481 g/mol. The second kappa shape index (κ2) is 9.62. The van der Waals surface area contributed by atoms with E-state index in [0.29, 0.717) is 19.1 Å². The number of nitrogens with one attached hydrogen (secondary N) is 2. The van der Waals surface area contributed by atoms with Crippen molar-refractivity contribution in [3.05, 3.63) is 63.7 Å². The average molecular weight is 482 g/mol. The van der Waals surface area contributed by atoms with Crippen LogP contribution in [0.15, 0.2) is 36.4 Å². The van der Waals surface area contributed by atoms with Crippen LogP contribution in [-0.2, 0) is 11.0 Å². The molecule has 0 saturated carbocycles. The first-order valence-electron chi connectivity index (χ1n) is 9.86. The van der Waals surface area contributed by atoms with Crippen molar-refractivity contribution in [2.45, 2.75) is 19.0 Å². The van der Waals surface area contributed by atoms with Crippen molar-refractivity contribution in [2.75, 3.05) is 18.4 Å². The summed E-state index contributed by atoms with van der Waals surface area (Å²) >= 11 is 5.90. The van der Waals surface area contributed by atoms with Crippen molar-refractivity contribution in [3.63, 3.8) is 0 Å². The van der Waals surface area contributed by atoms with Gasteiger partial charge in [-0.1, -0.05) is 23.7 Å². The van der Waals surface area contributed by atoms with Gasteiger partial charge in [0.15, 0.2) is 0 Å². The molecule has 7 nitrogen and oxygen atoms in total. The number of anilines is 1. The molecule has 1 amide bonds. The summed E-state index contributed by atoms with van der Waals surface area (Å²) in [6.45, 7) is 0.558. The van der Waals surface area contributed by atoms with Gasteiger partial charge in [-0.15, -0.1) is 0 Å². The Balaban J connectivity index is 1.93. The highest BCUT2D eigenvalue weighted by atomic mass is 35.5. The van der Waals surface area contributed by atoms with Crippen molar-refractivity contribution in [2.24, 2.45) is 5.92 Å². The smallest absolute Gasteiger partial charge is 0.417 e. The number of hydrogen-bond donors (Lipinski definition) is 3. The molecular weight excluding hydrogens is 463 g/mol. The van der Waals surface area contributed by atoms with Crippen LogP contribution in [0.4, 0.5) is 18.9 Å². The zero-order valence-electron chi connectivity index (χ0n) is 17.1. The van der Waals surface area contributed by atoms with Gasteiger partial charge in [-0.25, -0.2) is 0 Å². The van der Waals surface area contributed by atoms with Gasteiger partial charge in [0, 0.05) is 24.2 Å². The van der Waals surface area contributed by atoms with Gasteiger partial charge >= 0.3 is 12.1 Å². The predicted molar refractivity (Wildman–Crippen MR) is 115 cm³/mol. The van der Waals surface area contributed by atoms with E-state index in [4.69, 9.17) is 22.1 Å². The Labute approximate surface area is 191 Å². The molecule has 0 aromatic heterocycles. The maximum Gasteiger partial charge on any atom is 0.417 e. The Morgan fingerprint density at radius 1 is 1.18 bits per heavy atom. The zero-order valence-corrected chi connectivity index (χ0v) is 17.8. The second-order valence-corrected chi connectivity index (χ2v) is 7.89. The number of likely N-dealkylation sites (tertiary alicyclic amines) is 1. The SMILES string of the molecule is N=C(c1ccc(C=O)cc1NC(=O)c1c(Cl)cccc1C(F)(F)F)N1CCC(C(=O)O)CC1. The van der Waals surface area contributed by atoms with Crippen LogP contribution in [0.1, 0.15) is 44.7 Å². The minimum atomic E-state index is -4.83. The van der Waals surface area contributed by atoms with E-state index in [9.17, 15) is 27.6 Å². The molecule has 0 spiro atoms. The number of amides is 1. The summed E-state index contributed by atoms with van der Waals surface area (Å²) in [4.78, 5) is 36.8. The lowest BCUT2D eigenvalue weighted by Gasteiger charge is -2.32. The van der Waals surface area contributed by atoms with Crippen LogP contribution in [0.3, 0.4) is 0 Å². The Morgan fingerprint density at radius 2 is 1.85 bits per heavy atom. The Kier molecular flexibility index (Phi) is 7.06. The lowest BCUT2D eigenvalue weighted by molar-refractivity contribution is -0.143. The van der Waals surface area contributed by atoms with E-state index >= 15 is 0 Å². The number of amidine groups is 1. The number of piperidine rings is 1. The van der Waals surface area contributed by atoms with Gasteiger partial charge in [-0.3, -0.25) is 19.8 Å². The van der Waals surface area contributed by atoms with Gasteiger partial charge in [0.25, 0.3) is 5.91 Å². The summed E-state index contributed by atoms with van der Waals surface area (Å²) in [6, 6.07) is 7.04. The highest BCUT2D eigenvalue weighted by molar-refractivity contribution is 6.34. The van der Waals surface area contributed by atoms with Crippen molar-refractivity contribution in [3.8, 4) is 0 Å². The Bertz CT molecular complexity index is 1110. The number of carboxylic acids is 1. The van der Waals surface area contributed by atoms with Crippen LogP contribution in [0.25, 0.3) is 0 Å². The van der Waals surface area contributed by atoms with E-state index in [2.05, 4.69) is 5.32 Å². The third-order valence-electron chi connectivity index (χ3n) is 5.39. The average Bonchev–Trinajstić information content (AvgIpc) is 2.77. The number of rotatable bonds is 5. The molecule has 174 valence electrons. The molecule has 1 heterocycles. The van der Waals surface area contributed by atoms with Crippen molar-refractivity contribution < 1.29 is 32.7 Å². The molecule has 3 rings (SSSR count). The standard InChI is InChI=1S/C22H19ClF3N3O4/c23-16-3-1-2-15(22(24,25)26)18(16)20(31)28-17-10-12(11-30)4-5-14(17)19(27)29-8-6-13(7-9-29)21(32)33/h1-5,10-11,13,27H,6-9H2,(H,28,31)(H,32,33). The van der Waals surface area contributed by atoms with Crippen LogP contribution < -0.4 is 5.32 Å². The molecule has 0 unspecified atom stereocenters. The number of carboxylic acid groups (broad SMARTS) is 1. The minimum absolute atomic E-state index is 0.0389. The summed E-state index contributed by atoms with van der Waals surface area (Å²) in [6.07, 6.45) is -3.69. The maximum absolute atomic E-state index is 13.4. The van der Waals surface area contributed by atoms with Crippen LogP contribution in [0, 0.1) is 11.3 Å². The number of halogens is 4. The van der Waals surface area contributed by atoms with Crippen molar-refractivity contribution in [1.29, 1.82) is 5.41 Å². The van der Waals surface area contributed by atoms with E-state index in [-0.39, 0.29) is 35.7 Å². The number of carbonyl (C=O) groups excluding carboxylic acids is 2. The number of aldehydes is 1. The Morgan fingerprint density at radius 3 is 2.42 bits per heavy atom. The maximum atomic E-state index is 13.4. The molecule has 0 atom stereocenters. The van der Waals surface area contributed by atoms with Crippen LogP contribution in [0.5, 0.6) is 0 Å². The molecule has 1 aliphatic rings. The summed E-state index contributed by atoms with van der Waals surface area (Å²) in [5.41, 5.74) is -1.72. The van der Waals surface area contributed by atoms with Crippen molar-refractivity contribution in [1.82, 2.24) is 4.90 Å². The third-order valence-corrected chi connectivity index (χ3v) is 5.70. The van der Waals surface area contributed by atoms with Gasteiger partial charge in [-0.2, -0.15) is 13.2 Å². The second-order valence-electron chi connectivity index (χ2n) is 7.49. The number of alkyl halides is 3. The van der Waals surface area contributed by atoms with Gasteiger partial charge in [0.05, 0.1) is 27.8 Å². The van der Waals surface area contributed by atoms with Crippen LogP contribution >= 0.6 is 11.6 Å². The quantitative estimate of drug-likeness (QED) is 0.330. The predicted octanol–water partition coefficient (Wildman–Crippen LogP) is 4.55. The fraction of sp³-hybridized carbons (Fsp3) is 0.273. The van der Waals surface area contributed by atoms with Gasteiger partial charge in [0.2, 0.25) is 0 Å². The minimum Gasteiger partial charge on any atom is -0.481 e. The van der Waals surface area contributed by atoms with Crippen LogP contribution in [0.2, 0.25) is 5.02 Å². The zero-order chi connectivity index (χ0) is 24.3. The number of aliphatic carboxylic acids is 1. The molecule has 0 radical (unpaired) electrons. The first-order valence-corrected chi connectivity index (χ1v) is 10.2.